The van der Waals surface area contributed by atoms with Gasteiger partial charge in [-0.25, -0.2) is 0 Å². The number of hydrogen-bond donors (Lipinski definition) is 1. The number of nitrogens with two attached hydrogens (primary N) is 1. The molecule has 0 saturated heterocycles. The minimum atomic E-state index is 0.727. The van der Waals surface area contributed by atoms with Crippen molar-refractivity contribution < 1.29 is 0 Å². The van der Waals surface area contributed by atoms with Crippen molar-refractivity contribution in [1.82, 2.24) is 0 Å². The summed E-state index contributed by atoms with van der Waals surface area (Å²) in [5.74, 6) is 3.26. The largest absolute Gasteiger partial charge is 0.402 e. The highest BCUT2D eigenvalue weighted by molar-refractivity contribution is 5.09. The molecule has 1 nitrogen and oxygen atoms in total. The summed E-state index contributed by atoms with van der Waals surface area (Å²) in [6.45, 7) is 7.08. The Balaban J connectivity index is 1.83. The van der Waals surface area contributed by atoms with Crippen LogP contribution in [0.15, 0.2) is 23.4 Å². The fraction of sp³-hybridized carbons (Fsp3) is 0.810. The molecule has 0 bridgehead atoms. The first kappa shape index (κ1) is 17.6. The maximum atomic E-state index is 6.22. The van der Waals surface area contributed by atoms with Gasteiger partial charge in [-0.3, -0.25) is 0 Å². The van der Waals surface area contributed by atoms with E-state index in [1.54, 1.807) is 5.57 Å². The van der Waals surface area contributed by atoms with Crippen LogP contribution in [0.3, 0.4) is 0 Å². The molecule has 0 heterocycles. The van der Waals surface area contributed by atoms with E-state index in [0.29, 0.717) is 0 Å². The number of hydrogen-bond acceptors (Lipinski definition) is 1. The SMILES string of the molecule is CCC(/C=C1\CCCCCC(C)C1)CC/C(N)=C/C1CC1C. The Bertz CT molecular complexity index is 393. The lowest BCUT2D eigenvalue weighted by molar-refractivity contribution is 0.449. The molecule has 2 N–H and O–H groups in total. The second-order valence-corrected chi connectivity index (χ2v) is 8.06. The van der Waals surface area contributed by atoms with Crippen molar-refractivity contribution in [1.29, 1.82) is 0 Å². The van der Waals surface area contributed by atoms with Gasteiger partial charge in [0, 0.05) is 5.70 Å². The summed E-state index contributed by atoms with van der Waals surface area (Å²) in [6, 6.07) is 0. The Morgan fingerprint density at radius 3 is 2.73 bits per heavy atom. The Hall–Kier alpha value is -0.720. The van der Waals surface area contributed by atoms with Crippen molar-refractivity contribution in [3.63, 3.8) is 0 Å². The summed E-state index contributed by atoms with van der Waals surface area (Å²) in [5, 5.41) is 0. The standard InChI is InChI=1S/C21H37N/c1-4-18(10-11-21(22)15-20-13-17(20)3)14-19-9-7-5-6-8-16(2)12-19/h14-18,20H,4-13,22H2,1-3H3/b19-14+,21-15-. The van der Waals surface area contributed by atoms with Crippen LogP contribution in [0.4, 0.5) is 0 Å². The summed E-state index contributed by atoms with van der Waals surface area (Å²) in [7, 11) is 0. The van der Waals surface area contributed by atoms with Crippen molar-refractivity contribution in [2.45, 2.75) is 85.0 Å². The first-order chi connectivity index (χ1) is 10.6. The van der Waals surface area contributed by atoms with E-state index in [1.165, 1.54) is 57.8 Å². The van der Waals surface area contributed by atoms with Gasteiger partial charge in [0.2, 0.25) is 0 Å². The topological polar surface area (TPSA) is 26.0 Å². The second kappa shape index (κ2) is 8.79. The Labute approximate surface area is 138 Å². The molecule has 2 aliphatic rings. The van der Waals surface area contributed by atoms with Gasteiger partial charge in [-0.2, -0.15) is 0 Å². The molecule has 0 spiro atoms. The highest BCUT2D eigenvalue weighted by Gasteiger charge is 2.30. The molecule has 0 aromatic rings. The van der Waals surface area contributed by atoms with E-state index in [1.807, 2.05) is 0 Å². The predicted octanol–water partition coefficient (Wildman–Crippen LogP) is 6.21. The van der Waals surface area contributed by atoms with Crippen LogP contribution in [0.1, 0.15) is 85.0 Å². The van der Waals surface area contributed by atoms with Crippen LogP contribution < -0.4 is 5.73 Å². The van der Waals surface area contributed by atoms with E-state index in [9.17, 15) is 0 Å². The Morgan fingerprint density at radius 2 is 2.05 bits per heavy atom. The van der Waals surface area contributed by atoms with Gasteiger partial charge in [-0.15, -0.1) is 0 Å². The minimum absolute atomic E-state index is 0.727. The van der Waals surface area contributed by atoms with Gasteiger partial charge in [-0.05, 0) is 68.6 Å². The average Bonchev–Trinajstić information content (AvgIpc) is 3.15. The molecule has 2 fully saturated rings. The van der Waals surface area contributed by atoms with Crippen LogP contribution >= 0.6 is 0 Å². The quantitative estimate of drug-likeness (QED) is 0.580. The fourth-order valence-electron chi connectivity index (χ4n) is 3.86. The molecule has 0 aliphatic heterocycles. The minimum Gasteiger partial charge on any atom is -0.402 e. The lowest BCUT2D eigenvalue weighted by atomic mass is 9.86. The maximum absolute atomic E-state index is 6.22. The molecule has 0 aromatic carbocycles. The summed E-state index contributed by atoms with van der Waals surface area (Å²) < 4.78 is 0. The predicted molar refractivity (Wildman–Crippen MR) is 97.5 cm³/mol. The molecule has 0 radical (unpaired) electrons. The molecule has 4 atom stereocenters. The van der Waals surface area contributed by atoms with E-state index < -0.39 is 0 Å². The zero-order valence-corrected chi connectivity index (χ0v) is 15.1. The van der Waals surface area contributed by atoms with E-state index in [4.69, 9.17) is 5.73 Å². The van der Waals surface area contributed by atoms with E-state index >= 15 is 0 Å². The van der Waals surface area contributed by atoms with Gasteiger partial charge < -0.3 is 5.73 Å². The first-order valence-electron chi connectivity index (χ1n) is 9.74. The molecular weight excluding hydrogens is 266 g/mol. The molecular formula is C21H37N. The third-order valence-corrected chi connectivity index (χ3v) is 5.70. The highest BCUT2D eigenvalue weighted by Crippen LogP contribution is 2.39. The molecule has 2 aliphatic carbocycles. The number of allylic oxidation sites excluding steroid dienone is 4. The Morgan fingerprint density at radius 1 is 1.27 bits per heavy atom. The maximum Gasteiger partial charge on any atom is 0.00431 e. The summed E-state index contributed by atoms with van der Waals surface area (Å²) in [5.41, 5.74) is 9.09. The smallest absolute Gasteiger partial charge is 0.00431 e. The summed E-state index contributed by atoms with van der Waals surface area (Å²) in [6.07, 6.45) is 18.2. The van der Waals surface area contributed by atoms with Crippen LogP contribution in [0, 0.1) is 23.7 Å². The molecule has 2 rings (SSSR count). The number of rotatable bonds is 6. The van der Waals surface area contributed by atoms with Crippen LogP contribution in [0.25, 0.3) is 0 Å². The monoisotopic (exact) mass is 303 g/mol. The van der Waals surface area contributed by atoms with Gasteiger partial charge in [0.25, 0.3) is 0 Å². The lowest BCUT2D eigenvalue weighted by Gasteiger charge is -2.20. The third-order valence-electron chi connectivity index (χ3n) is 5.70. The van der Waals surface area contributed by atoms with E-state index in [0.717, 1.165) is 35.8 Å². The van der Waals surface area contributed by atoms with Gasteiger partial charge in [0.1, 0.15) is 0 Å². The summed E-state index contributed by atoms with van der Waals surface area (Å²) in [4.78, 5) is 0. The third kappa shape index (κ3) is 6.18. The molecule has 4 unspecified atom stereocenters. The highest BCUT2D eigenvalue weighted by atomic mass is 14.6. The van der Waals surface area contributed by atoms with E-state index in [-0.39, 0.29) is 0 Å². The lowest BCUT2D eigenvalue weighted by Crippen LogP contribution is -2.06. The van der Waals surface area contributed by atoms with Crippen molar-refractivity contribution in [2.75, 3.05) is 0 Å². The second-order valence-electron chi connectivity index (χ2n) is 8.06. The molecule has 0 aromatic heterocycles. The van der Waals surface area contributed by atoms with Gasteiger partial charge in [0.15, 0.2) is 0 Å². The van der Waals surface area contributed by atoms with Crippen molar-refractivity contribution in [2.24, 2.45) is 29.4 Å². The van der Waals surface area contributed by atoms with Gasteiger partial charge in [0.05, 0.1) is 0 Å². The fourth-order valence-corrected chi connectivity index (χ4v) is 3.86. The molecule has 0 amide bonds. The van der Waals surface area contributed by atoms with Crippen molar-refractivity contribution in [3.8, 4) is 0 Å². The van der Waals surface area contributed by atoms with Crippen molar-refractivity contribution in [3.05, 3.63) is 23.4 Å². The average molecular weight is 304 g/mol. The Kier molecular flexibility index (Phi) is 7.05. The van der Waals surface area contributed by atoms with E-state index in [2.05, 4.69) is 32.9 Å². The molecule has 126 valence electrons. The molecule has 1 heteroatoms. The zero-order chi connectivity index (χ0) is 15.9. The normalized spacial score (nSPS) is 33.3. The van der Waals surface area contributed by atoms with Crippen molar-refractivity contribution >= 4 is 0 Å². The first-order valence-corrected chi connectivity index (χ1v) is 9.74. The van der Waals surface area contributed by atoms with Crippen LogP contribution in [-0.2, 0) is 0 Å². The zero-order valence-electron chi connectivity index (χ0n) is 15.1. The van der Waals surface area contributed by atoms with Gasteiger partial charge >= 0.3 is 0 Å². The molecule has 2 saturated carbocycles. The molecule has 22 heavy (non-hydrogen) atoms. The van der Waals surface area contributed by atoms with Crippen LogP contribution in [-0.4, -0.2) is 0 Å². The van der Waals surface area contributed by atoms with Crippen LogP contribution in [0.2, 0.25) is 0 Å². The van der Waals surface area contributed by atoms with Gasteiger partial charge in [-0.1, -0.05) is 57.8 Å². The summed E-state index contributed by atoms with van der Waals surface area (Å²) >= 11 is 0. The van der Waals surface area contributed by atoms with Crippen LogP contribution in [0.5, 0.6) is 0 Å².